The number of halogens is 2. The van der Waals surface area contributed by atoms with Gasteiger partial charge in [-0.1, -0.05) is 70.5 Å². The van der Waals surface area contributed by atoms with E-state index in [1.165, 1.54) is 22.6 Å². The van der Waals surface area contributed by atoms with Crippen LogP contribution >= 0.6 is 15.9 Å². The Labute approximate surface area is 314 Å². The molecule has 3 aliphatic rings. The van der Waals surface area contributed by atoms with Crippen LogP contribution in [-0.2, 0) is 6.54 Å². The molecule has 4 heterocycles. The van der Waals surface area contributed by atoms with Crippen LogP contribution in [0.25, 0.3) is 38.9 Å². The van der Waals surface area contributed by atoms with Crippen LogP contribution in [0, 0.1) is 12.8 Å². The van der Waals surface area contributed by atoms with Crippen molar-refractivity contribution >= 4 is 44.3 Å². The van der Waals surface area contributed by atoms with Gasteiger partial charge in [-0.05, 0) is 72.2 Å². The largest absolute Gasteiger partial charge is 0.494 e. The van der Waals surface area contributed by atoms with Gasteiger partial charge in [0.05, 0.1) is 31.0 Å². The van der Waals surface area contributed by atoms with E-state index >= 15 is 4.39 Å². The van der Waals surface area contributed by atoms with Gasteiger partial charge in [0, 0.05) is 59.1 Å². The summed E-state index contributed by atoms with van der Waals surface area (Å²) in [5.74, 6) is 0.516. The van der Waals surface area contributed by atoms with E-state index in [9.17, 15) is 14.7 Å². The molecule has 3 aromatic heterocycles. The van der Waals surface area contributed by atoms with Crippen LogP contribution in [0.15, 0.2) is 89.5 Å². The summed E-state index contributed by atoms with van der Waals surface area (Å²) in [6.07, 6.45) is 1.59. The lowest BCUT2D eigenvalue weighted by atomic mass is 9.94. The van der Waals surface area contributed by atoms with Gasteiger partial charge < -0.3 is 24.2 Å². The van der Waals surface area contributed by atoms with Crippen molar-refractivity contribution in [3.8, 4) is 28.3 Å². The lowest BCUT2D eigenvalue weighted by Gasteiger charge is -2.40. The number of fused-ring (bicyclic) bond motifs is 5. The molecule has 2 fully saturated rings. The maximum atomic E-state index is 15.6. The first-order valence-corrected chi connectivity index (χ1v) is 18.9. The van der Waals surface area contributed by atoms with Crippen molar-refractivity contribution in [3.05, 3.63) is 112 Å². The van der Waals surface area contributed by atoms with Crippen molar-refractivity contribution in [2.75, 3.05) is 26.7 Å². The van der Waals surface area contributed by atoms with Crippen molar-refractivity contribution in [1.29, 1.82) is 0 Å². The number of methoxy groups -OCH3 is 1. The van der Waals surface area contributed by atoms with E-state index in [4.69, 9.17) is 9.84 Å². The summed E-state index contributed by atoms with van der Waals surface area (Å²) in [5.41, 5.74) is 9.17. The molecule has 9 nitrogen and oxygen atoms in total. The number of hydrogen-bond acceptors (Lipinski definition) is 4. The second-order valence-corrected chi connectivity index (χ2v) is 15.6. The molecule has 0 spiro atoms. The predicted molar refractivity (Wildman–Crippen MR) is 205 cm³/mol. The number of likely N-dealkylation sites (tertiary alicyclic amines) is 1. The number of ether oxygens (including phenoxy) is 1. The van der Waals surface area contributed by atoms with E-state index in [0.29, 0.717) is 17.2 Å². The monoisotopic (exact) mass is 775 g/mol. The lowest BCUT2D eigenvalue weighted by Crippen LogP contribution is -2.55. The molecule has 1 aliphatic heterocycles. The molecule has 270 valence electrons. The fraction of sp³-hybridized carbons (Fsp3) is 0.310. The van der Waals surface area contributed by atoms with Crippen LogP contribution in [0.2, 0.25) is 0 Å². The van der Waals surface area contributed by atoms with Crippen molar-refractivity contribution in [2.45, 2.75) is 50.9 Å². The van der Waals surface area contributed by atoms with Gasteiger partial charge in [0.15, 0.2) is 0 Å². The minimum atomic E-state index is -1.39. The number of carboxylic acid groups (broad SMARTS) is 1. The molecular formula is C42H39BrFN5O4. The Bertz CT molecular complexity index is 2390. The SMILES string of the molecule is COc1cc(C(=O)N2C[C@H](F)C[C@@H](N(CC3c4ccccc4-c4ccccc43)C(=O)O)C2)cn2nc(-c3cc4ccc(Br)cc4n3CC3CC3)c(C)c12. The molecule has 0 radical (unpaired) electrons. The van der Waals surface area contributed by atoms with Crippen molar-refractivity contribution in [2.24, 2.45) is 5.92 Å². The first kappa shape index (κ1) is 33.7. The molecule has 53 heavy (non-hydrogen) atoms. The number of nitrogens with zero attached hydrogens (tertiary/aromatic N) is 5. The number of benzene rings is 3. The number of aromatic nitrogens is 3. The minimum absolute atomic E-state index is 0.0155. The second kappa shape index (κ2) is 13.1. The third kappa shape index (κ3) is 5.85. The summed E-state index contributed by atoms with van der Waals surface area (Å²) in [5, 5.41) is 16.7. The molecule has 3 aromatic carbocycles. The van der Waals surface area contributed by atoms with Gasteiger partial charge >= 0.3 is 6.09 Å². The zero-order valence-corrected chi connectivity index (χ0v) is 31.1. The third-order valence-electron chi connectivity index (χ3n) is 11.3. The highest BCUT2D eigenvalue weighted by Crippen LogP contribution is 2.45. The molecule has 2 amide bonds. The third-order valence-corrected chi connectivity index (χ3v) is 11.8. The lowest BCUT2D eigenvalue weighted by molar-refractivity contribution is 0.0369. The average Bonchev–Trinajstić information content (AvgIpc) is 3.73. The average molecular weight is 777 g/mol. The van der Waals surface area contributed by atoms with E-state index in [0.717, 1.165) is 66.6 Å². The molecule has 6 aromatic rings. The topological polar surface area (TPSA) is 92.3 Å². The minimum Gasteiger partial charge on any atom is -0.494 e. The van der Waals surface area contributed by atoms with Crippen LogP contribution in [0.3, 0.4) is 0 Å². The summed E-state index contributed by atoms with van der Waals surface area (Å²) in [4.78, 5) is 29.9. The Balaban J connectivity index is 1.03. The number of pyridine rings is 1. The smallest absolute Gasteiger partial charge is 0.407 e. The van der Waals surface area contributed by atoms with Crippen molar-refractivity contribution in [1.82, 2.24) is 24.0 Å². The molecule has 1 saturated carbocycles. The van der Waals surface area contributed by atoms with E-state index in [-0.39, 0.29) is 32.0 Å². The molecular weight excluding hydrogens is 737 g/mol. The first-order chi connectivity index (χ1) is 25.7. The summed E-state index contributed by atoms with van der Waals surface area (Å²) < 4.78 is 26.5. The Morgan fingerprint density at radius 2 is 1.72 bits per heavy atom. The van der Waals surface area contributed by atoms with Gasteiger partial charge in [-0.2, -0.15) is 5.10 Å². The molecule has 2 aliphatic carbocycles. The molecule has 2 atom stereocenters. The van der Waals surface area contributed by atoms with E-state index in [2.05, 4.69) is 50.8 Å². The van der Waals surface area contributed by atoms with E-state index in [1.807, 2.05) is 49.4 Å². The summed E-state index contributed by atoms with van der Waals surface area (Å²) in [7, 11) is 1.57. The van der Waals surface area contributed by atoms with E-state index in [1.54, 1.807) is 23.9 Å². The van der Waals surface area contributed by atoms with Crippen LogP contribution < -0.4 is 4.74 Å². The van der Waals surface area contributed by atoms with Gasteiger partial charge in [-0.25, -0.2) is 13.7 Å². The molecule has 0 unspecified atom stereocenters. The highest BCUT2D eigenvalue weighted by molar-refractivity contribution is 9.10. The predicted octanol–water partition coefficient (Wildman–Crippen LogP) is 8.79. The molecule has 1 saturated heterocycles. The van der Waals surface area contributed by atoms with Gasteiger partial charge in [-0.3, -0.25) is 4.79 Å². The number of carbonyl (C=O) groups excluding carboxylic acids is 1. The summed E-state index contributed by atoms with van der Waals surface area (Å²) >= 11 is 3.64. The molecule has 11 heteroatoms. The van der Waals surface area contributed by atoms with Crippen molar-refractivity contribution in [3.63, 3.8) is 0 Å². The normalized spacial score (nSPS) is 18.4. The highest BCUT2D eigenvalue weighted by atomic mass is 79.9. The Morgan fingerprint density at radius 3 is 2.40 bits per heavy atom. The molecule has 0 bridgehead atoms. The van der Waals surface area contributed by atoms with E-state index < -0.39 is 24.2 Å². The van der Waals surface area contributed by atoms with Gasteiger partial charge in [0.1, 0.15) is 23.1 Å². The number of rotatable bonds is 8. The van der Waals surface area contributed by atoms with Crippen LogP contribution in [0.4, 0.5) is 9.18 Å². The number of hydrogen-bond donors (Lipinski definition) is 1. The second-order valence-electron chi connectivity index (χ2n) is 14.7. The number of alkyl halides is 1. The zero-order chi connectivity index (χ0) is 36.5. The van der Waals surface area contributed by atoms with Gasteiger partial charge in [-0.15, -0.1) is 0 Å². The summed E-state index contributed by atoms with van der Waals surface area (Å²) in [6, 6.07) is 25.5. The maximum Gasteiger partial charge on any atom is 0.407 e. The zero-order valence-electron chi connectivity index (χ0n) is 29.5. The van der Waals surface area contributed by atoms with Crippen LogP contribution in [0.5, 0.6) is 5.75 Å². The van der Waals surface area contributed by atoms with Crippen LogP contribution in [-0.4, -0.2) is 80.0 Å². The standard InChI is InChI=1S/C42H39BrFN5O4/c1-24-39(37-15-26-13-14-28(43)17-36(26)48(37)19-25-11-12-25)45-49-20-27(16-38(53-2)40(24)49)41(50)46-21-29(44)18-30(22-46)47(42(51)52)23-35-33-9-5-3-7-31(33)32-8-4-6-10-34(32)35/h3-10,13-17,20,25,29-30,35H,11-12,18-19,21-23H2,1-2H3,(H,51,52)/t29-,30-/m1/s1. The maximum absolute atomic E-state index is 15.6. The van der Waals surface area contributed by atoms with Gasteiger partial charge in [0.2, 0.25) is 0 Å². The Kier molecular flexibility index (Phi) is 8.29. The Hall–Kier alpha value is -5.16. The van der Waals surface area contributed by atoms with Crippen molar-refractivity contribution < 1.29 is 23.8 Å². The fourth-order valence-electron chi connectivity index (χ4n) is 8.60. The number of amides is 2. The fourth-order valence-corrected chi connectivity index (χ4v) is 8.95. The number of aryl methyl sites for hydroxylation is 1. The molecule has 1 N–H and O–H groups in total. The highest BCUT2D eigenvalue weighted by Gasteiger charge is 2.39. The quantitative estimate of drug-likeness (QED) is 0.167. The summed E-state index contributed by atoms with van der Waals surface area (Å²) in [6.45, 7) is 3.02. The number of piperidine rings is 1. The van der Waals surface area contributed by atoms with Gasteiger partial charge in [0.25, 0.3) is 5.91 Å². The van der Waals surface area contributed by atoms with Crippen LogP contribution in [0.1, 0.15) is 52.2 Å². The first-order valence-electron chi connectivity index (χ1n) is 18.2. The Morgan fingerprint density at radius 1 is 1.00 bits per heavy atom. The number of carbonyl (C=O) groups is 2. The molecule has 9 rings (SSSR count).